The van der Waals surface area contributed by atoms with Crippen molar-refractivity contribution < 1.29 is 23.6 Å². The summed E-state index contributed by atoms with van der Waals surface area (Å²) in [5.41, 5.74) is 4.02. The van der Waals surface area contributed by atoms with E-state index in [-0.39, 0.29) is 30.9 Å². The SMILES string of the molecule is CC(CCn1ccc(-c2ccc(NC(=O)Cc3ccccc3)cc2)cc1=O)(C(=O)NO)S(=O)O. The van der Waals surface area contributed by atoms with Crippen LogP contribution in [0.2, 0.25) is 0 Å². The minimum atomic E-state index is -2.55. The number of nitrogens with zero attached hydrogens (tertiary/aromatic N) is 1. The van der Waals surface area contributed by atoms with E-state index in [9.17, 15) is 23.1 Å². The number of carbonyl (C=O) groups excluding carboxylic acids is 2. The number of amides is 2. The number of aryl methyl sites for hydroxylation is 1. The van der Waals surface area contributed by atoms with Crippen molar-refractivity contribution in [3.8, 4) is 11.1 Å². The Morgan fingerprint density at radius 2 is 1.71 bits per heavy atom. The fourth-order valence-electron chi connectivity index (χ4n) is 3.34. The molecule has 1 aromatic heterocycles. The highest BCUT2D eigenvalue weighted by Crippen LogP contribution is 2.22. The maximum Gasteiger partial charge on any atom is 0.264 e. The fourth-order valence-corrected chi connectivity index (χ4v) is 3.81. The molecule has 0 saturated heterocycles. The predicted octanol–water partition coefficient (Wildman–Crippen LogP) is 2.57. The van der Waals surface area contributed by atoms with Gasteiger partial charge in [-0.1, -0.05) is 42.5 Å². The van der Waals surface area contributed by atoms with Gasteiger partial charge in [0.15, 0.2) is 15.8 Å². The van der Waals surface area contributed by atoms with Crippen LogP contribution in [0, 0.1) is 0 Å². The Balaban J connectivity index is 1.66. The molecule has 2 amide bonds. The first-order valence-electron chi connectivity index (χ1n) is 10.4. The molecule has 0 aliphatic carbocycles. The minimum absolute atomic E-state index is 0.00170. The van der Waals surface area contributed by atoms with Crippen molar-refractivity contribution in [1.29, 1.82) is 0 Å². The number of carbonyl (C=O) groups is 2. The monoisotopic (exact) mass is 483 g/mol. The second kappa shape index (κ2) is 11.0. The molecule has 0 fully saturated rings. The fraction of sp³-hybridized carbons (Fsp3) is 0.208. The number of pyridine rings is 1. The molecule has 2 aromatic carbocycles. The summed E-state index contributed by atoms with van der Waals surface area (Å²) in [5.74, 6) is -1.14. The Morgan fingerprint density at radius 3 is 2.29 bits per heavy atom. The van der Waals surface area contributed by atoms with Crippen LogP contribution in [0.1, 0.15) is 18.9 Å². The van der Waals surface area contributed by atoms with E-state index in [4.69, 9.17) is 5.21 Å². The molecule has 4 N–H and O–H groups in total. The summed E-state index contributed by atoms with van der Waals surface area (Å²) in [5, 5.41) is 11.7. The average molecular weight is 484 g/mol. The van der Waals surface area contributed by atoms with E-state index in [1.807, 2.05) is 30.3 Å². The van der Waals surface area contributed by atoms with Gasteiger partial charge in [-0.3, -0.25) is 19.6 Å². The number of rotatable bonds is 9. The predicted molar refractivity (Wildman–Crippen MR) is 129 cm³/mol. The lowest BCUT2D eigenvalue weighted by atomic mass is 10.1. The molecule has 3 aromatic rings. The number of hydrogen-bond donors (Lipinski definition) is 4. The van der Waals surface area contributed by atoms with Crippen molar-refractivity contribution in [2.45, 2.75) is 31.1 Å². The number of hydroxylamine groups is 1. The van der Waals surface area contributed by atoms with Gasteiger partial charge in [-0.25, -0.2) is 9.69 Å². The molecule has 34 heavy (non-hydrogen) atoms. The van der Waals surface area contributed by atoms with Crippen molar-refractivity contribution in [3.05, 3.63) is 88.8 Å². The lowest BCUT2D eigenvalue weighted by molar-refractivity contribution is -0.131. The Morgan fingerprint density at radius 1 is 1.03 bits per heavy atom. The van der Waals surface area contributed by atoms with Crippen molar-refractivity contribution in [2.75, 3.05) is 5.32 Å². The van der Waals surface area contributed by atoms with Crippen molar-refractivity contribution in [3.63, 3.8) is 0 Å². The lowest BCUT2D eigenvalue weighted by Gasteiger charge is -2.23. The molecule has 0 saturated carbocycles. The maximum atomic E-state index is 12.5. The Kier molecular flexibility index (Phi) is 8.11. The largest absolute Gasteiger partial charge is 0.326 e. The molecule has 2 unspecified atom stereocenters. The topological polar surface area (TPSA) is 138 Å². The number of anilines is 1. The molecule has 0 aliphatic rings. The molecule has 9 nitrogen and oxygen atoms in total. The minimum Gasteiger partial charge on any atom is -0.326 e. The second-order valence-electron chi connectivity index (χ2n) is 7.91. The van der Waals surface area contributed by atoms with Crippen LogP contribution >= 0.6 is 0 Å². The normalized spacial score (nSPS) is 13.5. The molecule has 2 atom stereocenters. The van der Waals surface area contributed by atoms with Crippen molar-refractivity contribution in [2.24, 2.45) is 0 Å². The summed E-state index contributed by atoms with van der Waals surface area (Å²) < 4.78 is 20.6. The Labute approximate surface area is 198 Å². The summed E-state index contributed by atoms with van der Waals surface area (Å²) in [6.07, 6.45) is 1.66. The number of benzene rings is 2. The molecule has 0 radical (unpaired) electrons. The van der Waals surface area contributed by atoms with Gasteiger partial charge in [0.05, 0.1) is 6.42 Å². The van der Waals surface area contributed by atoms with Gasteiger partial charge in [0, 0.05) is 24.5 Å². The van der Waals surface area contributed by atoms with Crippen LogP contribution in [0.3, 0.4) is 0 Å². The van der Waals surface area contributed by atoms with Gasteiger partial charge in [-0.2, -0.15) is 0 Å². The van der Waals surface area contributed by atoms with E-state index in [1.165, 1.54) is 29.2 Å². The quantitative estimate of drug-likeness (QED) is 0.210. The van der Waals surface area contributed by atoms with Crippen LogP contribution in [0.4, 0.5) is 5.69 Å². The van der Waals surface area contributed by atoms with Gasteiger partial charge in [-0.15, -0.1) is 0 Å². The summed E-state index contributed by atoms with van der Waals surface area (Å²) >= 11 is -2.55. The third-order valence-corrected chi connectivity index (χ3v) is 6.66. The zero-order valence-electron chi connectivity index (χ0n) is 18.4. The Hall–Kier alpha value is -3.60. The molecule has 0 aliphatic heterocycles. The Bertz CT molecular complexity index is 1240. The smallest absolute Gasteiger partial charge is 0.264 e. The van der Waals surface area contributed by atoms with Crippen molar-refractivity contribution >= 4 is 28.6 Å². The van der Waals surface area contributed by atoms with Crippen LogP contribution in [0.15, 0.2) is 77.7 Å². The van der Waals surface area contributed by atoms with Crippen LogP contribution < -0.4 is 16.4 Å². The molecule has 0 spiro atoms. The average Bonchev–Trinajstić information content (AvgIpc) is 2.83. The van der Waals surface area contributed by atoms with Crippen molar-refractivity contribution in [1.82, 2.24) is 10.0 Å². The van der Waals surface area contributed by atoms with E-state index >= 15 is 0 Å². The molecule has 0 bridgehead atoms. The van der Waals surface area contributed by atoms with E-state index in [2.05, 4.69) is 5.32 Å². The van der Waals surface area contributed by atoms with Gasteiger partial charge < -0.3 is 14.4 Å². The van der Waals surface area contributed by atoms with Crippen LogP contribution in [0.5, 0.6) is 0 Å². The highest BCUT2D eigenvalue weighted by Gasteiger charge is 2.39. The molecule has 3 rings (SSSR count). The van der Waals surface area contributed by atoms with E-state index in [0.29, 0.717) is 11.3 Å². The van der Waals surface area contributed by atoms with Crippen LogP contribution in [-0.2, 0) is 33.6 Å². The van der Waals surface area contributed by atoms with Gasteiger partial charge in [0.1, 0.15) is 0 Å². The van der Waals surface area contributed by atoms with Gasteiger partial charge in [-0.05, 0) is 48.2 Å². The highest BCUT2D eigenvalue weighted by molar-refractivity contribution is 7.81. The molecule has 178 valence electrons. The molecular weight excluding hydrogens is 458 g/mol. The maximum absolute atomic E-state index is 12.5. The molecule has 10 heteroatoms. The summed E-state index contributed by atoms with van der Waals surface area (Å²) in [6, 6.07) is 19.6. The van der Waals surface area contributed by atoms with Gasteiger partial charge >= 0.3 is 0 Å². The summed E-state index contributed by atoms with van der Waals surface area (Å²) in [4.78, 5) is 36.5. The lowest BCUT2D eigenvalue weighted by Crippen LogP contribution is -2.47. The third kappa shape index (κ3) is 6.04. The highest BCUT2D eigenvalue weighted by atomic mass is 32.2. The zero-order valence-corrected chi connectivity index (χ0v) is 19.2. The van der Waals surface area contributed by atoms with Gasteiger partial charge in [0.2, 0.25) is 5.91 Å². The number of hydrogen-bond acceptors (Lipinski definition) is 5. The molecular formula is C24H25N3O6S. The van der Waals surface area contributed by atoms with Gasteiger partial charge in [0.25, 0.3) is 11.5 Å². The van der Waals surface area contributed by atoms with E-state index in [1.54, 1.807) is 30.3 Å². The summed E-state index contributed by atoms with van der Waals surface area (Å²) in [6.45, 7) is 1.23. The molecule has 1 heterocycles. The zero-order chi connectivity index (χ0) is 24.7. The summed E-state index contributed by atoms with van der Waals surface area (Å²) in [7, 11) is 0. The first-order valence-corrected chi connectivity index (χ1v) is 11.5. The third-order valence-electron chi connectivity index (χ3n) is 5.50. The standard InChI is InChI=1S/C24H25N3O6S/c1-24(34(32)33,23(30)26-31)12-14-27-13-11-19(16-22(27)29)18-7-9-20(10-8-18)25-21(28)15-17-5-3-2-4-6-17/h2-11,13,16,31H,12,14-15H2,1H3,(H,25,28)(H,26,30)(H,32,33). The first kappa shape index (κ1) is 25.0. The van der Waals surface area contributed by atoms with Crippen LogP contribution in [0.25, 0.3) is 11.1 Å². The first-order chi connectivity index (χ1) is 16.2. The second-order valence-corrected chi connectivity index (χ2v) is 9.31. The van der Waals surface area contributed by atoms with E-state index < -0.39 is 21.7 Å². The number of aromatic nitrogens is 1. The number of nitrogens with one attached hydrogen (secondary N) is 2. The van der Waals surface area contributed by atoms with Crippen LogP contribution in [-0.4, -0.2) is 35.1 Å². The van der Waals surface area contributed by atoms with E-state index in [0.717, 1.165) is 11.1 Å².